The van der Waals surface area contributed by atoms with Crippen LogP contribution in [0.2, 0.25) is 0 Å². The molecule has 0 aromatic heterocycles. The van der Waals surface area contributed by atoms with E-state index in [4.69, 9.17) is 14.7 Å². The van der Waals surface area contributed by atoms with Gasteiger partial charge in [-0.3, -0.25) is 0 Å². The molecule has 1 heterocycles. The van der Waals surface area contributed by atoms with Gasteiger partial charge in [0.1, 0.15) is 0 Å². The van der Waals surface area contributed by atoms with Crippen molar-refractivity contribution in [1.82, 2.24) is 0 Å². The predicted molar refractivity (Wildman–Crippen MR) is 78.1 cm³/mol. The fraction of sp³-hybridized carbons (Fsp3) is 0.533. The van der Waals surface area contributed by atoms with Crippen molar-refractivity contribution in [3.05, 3.63) is 18.2 Å². The van der Waals surface area contributed by atoms with Crippen LogP contribution in [0.4, 0.5) is 0 Å². The highest BCUT2D eigenvalue weighted by Gasteiger charge is 2.24. The average molecular weight is 309 g/mol. The Labute approximate surface area is 125 Å². The number of nitriles is 1. The van der Waals surface area contributed by atoms with Crippen LogP contribution < -0.4 is 9.47 Å². The smallest absolute Gasteiger partial charge is 0.178 e. The van der Waals surface area contributed by atoms with E-state index in [1.54, 1.807) is 19.9 Å². The zero-order chi connectivity index (χ0) is 15.5. The minimum absolute atomic E-state index is 0.0623. The van der Waals surface area contributed by atoms with Crippen LogP contribution in [-0.4, -0.2) is 27.4 Å². The highest BCUT2D eigenvalue weighted by molar-refractivity contribution is 7.91. The van der Waals surface area contributed by atoms with Gasteiger partial charge in [0.25, 0.3) is 0 Å². The second kappa shape index (κ2) is 5.94. The molecule has 2 rings (SSSR count). The molecule has 0 aliphatic carbocycles. The molecule has 0 N–H and O–H groups in total. The lowest BCUT2D eigenvalue weighted by atomic mass is 9.93. The molecule has 5 nitrogen and oxygen atoms in total. The first-order valence-electron chi connectivity index (χ1n) is 6.88. The number of fused-ring (bicyclic) bond motifs is 1. The third-order valence-corrected chi connectivity index (χ3v) is 5.09. The highest BCUT2D eigenvalue weighted by Crippen LogP contribution is 2.33. The summed E-state index contributed by atoms with van der Waals surface area (Å²) in [6.07, 6.45) is 1.06. The summed E-state index contributed by atoms with van der Waals surface area (Å²) in [5.74, 6) is 0.977. The van der Waals surface area contributed by atoms with Crippen molar-refractivity contribution in [3.8, 4) is 17.6 Å². The van der Waals surface area contributed by atoms with Crippen LogP contribution >= 0.6 is 0 Å². The lowest BCUT2D eigenvalue weighted by molar-refractivity contribution is 0.297. The van der Waals surface area contributed by atoms with Crippen LogP contribution in [-0.2, 0) is 9.84 Å². The third-order valence-electron chi connectivity index (χ3n) is 3.38. The third kappa shape index (κ3) is 3.88. The van der Waals surface area contributed by atoms with E-state index in [9.17, 15) is 8.42 Å². The zero-order valence-electron chi connectivity index (χ0n) is 12.3. The van der Waals surface area contributed by atoms with Gasteiger partial charge in [0, 0.05) is 12.5 Å². The SMILES string of the molecule is CC(C)(C#N)CCS(=O)(=O)c1ccc2c(c1)OCCCO2. The molecule has 1 aromatic rings. The Kier molecular flexibility index (Phi) is 4.43. The van der Waals surface area contributed by atoms with Crippen LogP contribution in [0.15, 0.2) is 23.1 Å². The van der Waals surface area contributed by atoms with Gasteiger partial charge in [0.2, 0.25) is 0 Å². The average Bonchev–Trinajstić information content (AvgIpc) is 2.70. The summed E-state index contributed by atoms with van der Waals surface area (Å²) in [7, 11) is -3.44. The summed E-state index contributed by atoms with van der Waals surface area (Å²) in [5.41, 5.74) is -0.654. The maximum atomic E-state index is 12.4. The Morgan fingerprint density at radius 1 is 1.24 bits per heavy atom. The number of hydrogen-bond acceptors (Lipinski definition) is 5. The van der Waals surface area contributed by atoms with Crippen LogP contribution in [0.1, 0.15) is 26.7 Å². The molecule has 1 aromatic carbocycles. The topological polar surface area (TPSA) is 76.4 Å². The van der Waals surface area contributed by atoms with Crippen molar-refractivity contribution in [2.24, 2.45) is 5.41 Å². The summed E-state index contributed by atoms with van der Waals surface area (Å²) in [6.45, 7) is 4.54. The van der Waals surface area contributed by atoms with Gasteiger partial charge in [0.05, 0.1) is 35.3 Å². The molecule has 21 heavy (non-hydrogen) atoms. The van der Waals surface area contributed by atoms with Gasteiger partial charge >= 0.3 is 0 Å². The number of rotatable bonds is 4. The standard InChI is InChI=1S/C15H19NO4S/c1-15(2,11-16)6-9-21(17,18)12-4-5-13-14(10-12)20-8-3-7-19-13/h4-5,10H,3,6-9H2,1-2H3. The molecular formula is C15H19NO4S. The monoisotopic (exact) mass is 309 g/mol. The maximum Gasteiger partial charge on any atom is 0.178 e. The first-order valence-corrected chi connectivity index (χ1v) is 8.53. The van der Waals surface area contributed by atoms with Crippen molar-refractivity contribution in [2.45, 2.75) is 31.6 Å². The summed E-state index contributed by atoms with van der Waals surface area (Å²) < 4.78 is 35.7. The quantitative estimate of drug-likeness (QED) is 0.854. The maximum absolute atomic E-state index is 12.4. The predicted octanol–water partition coefficient (Wildman–Crippen LogP) is 2.56. The fourth-order valence-corrected chi connectivity index (χ4v) is 3.48. The largest absolute Gasteiger partial charge is 0.490 e. The zero-order valence-corrected chi connectivity index (χ0v) is 13.1. The lowest BCUT2D eigenvalue weighted by Gasteiger charge is -2.15. The molecule has 1 aliphatic heterocycles. The van der Waals surface area contributed by atoms with Crippen LogP contribution in [0.25, 0.3) is 0 Å². The van der Waals surface area contributed by atoms with E-state index in [0.29, 0.717) is 31.1 Å². The summed E-state index contributed by atoms with van der Waals surface area (Å²) in [6, 6.07) is 6.78. The van der Waals surface area contributed by atoms with Gasteiger partial charge in [0.15, 0.2) is 21.3 Å². The molecule has 0 amide bonds. The Morgan fingerprint density at radius 3 is 2.57 bits per heavy atom. The van der Waals surface area contributed by atoms with Crippen LogP contribution in [0.5, 0.6) is 11.5 Å². The second-order valence-electron chi connectivity index (χ2n) is 5.72. The Balaban J connectivity index is 2.21. The molecule has 6 heteroatoms. The Bertz CT molecular complexity index is 659. The number of ether oxygens (including phenoxy) is 2. The van der Waals surface area contributed by atoms with Crippen molar-refractivity contribution in [1.29, 1.82) is 5.26 Å². The first-order chi connectivity index (χ1) is 9.84. The second-order valence-corrected chi connectivity index (χ2v) is 7.83. The fourth-order valence-electron chi connectivity index (χ4n) is 1.90. The highest BCUT2D eigenvalue weighted by atomic mass is 32.2. The summed E-state index contributed by atoms with van der Waals surface area (Å²) in [5, 5.41) is 8.97. The lowest BCUT2D eigenvalue weighted by Crippen LogP contribution is -2.16. The molecule has 0 bridgehead atoms. The number of nitrogens with zero attached hydrogens (tertiary/aromatic N) is 1. The molecule has 0 unspecified atom stereocenters. The van der Waals surface area contributed by atoms with Gasteiger partial charge in [-0.1, -0.05) is 0 Å². The molecular weight excluding hydrogens is 290 g/mol. The van der Waals surface area contributed by atoms with E-state index in [0.717, 1.165) is 6.42 Å². The van der Waals surface area contributed by atoms with E-state index >= 15 is 0 Å². The van der Waals surface area contributed by atoms with Crippen LogP contribution in [0.3, 0.4) is 0 Å². The molecule has 0 spiro atoms. The molecule has 1 aliphatic rings. The number of hydrogen-bond donors (Lipinski definition) is 0. The molecule has 114 valence electrons. The normalized spacial score (nSPS) is 15.1. The van der Waals surface area contributed by atoms with E-state index < -0.39 is 15.3 Å². The number of sulfone groups is 1. The van der Waals surface area contributed by atoms with E-state index in [1.807, 2.05) is 0 Å². The van der Waals surface area contributed by atoms with Crippen molar-refractivity contribution in [2.75, 3.05) is 19.0 Å². The summed E-state index contributed by atoms with van der Waals surface area (Å²) >= 11 is 0. The van der Waals surface area contributed by atoms with Gasteiger partial charge in [-0.15, -0.1) is 0 Å². The van der Waals surface area contributed by atoms with E-state index in [1.165, 1.54) is 12.1 Å². The first kappa shape index (κ1) is 15.6. The van der Waals surface area contributed by atoms with Gasteiger partial charge in [-0.25, -0.2) is 8.42 Å². The van der Waals surface area contributed by atoms with Gasteiger partial charge < -0.3 is 9.47 Å². The van der Waals surface area contributed by atoms with Crippen molar-refractivity contribution >= 4 is 9.84 Å². The molecule has 0 saturated carbocycles. The van der Waals surface area contributed by atoms with Crippen molar-refractivity contribution in [3.63, 3.8) is 0 Å². The van der Waals surface area contributed by atoms with Crippen LogP contribution in [0, 0.1) is 16.7 Å². The van der Waals surface area contributed by atoms with Crippen molar-refractivity contribution < 1.29 is 17.9 Å². The molecule has 0 saturated heterocycles. The minimum Gasteiger partial charge on any atom is -0.490 e. The molecule has 0 atom stereocenters. The minimum atomic E-state index is -3.44. The van der Waals surface area contributed by atoms with E-state index in [-0.39, 0.29) is 10.6 Å². The number of benzene rings is 1. The Morgan fingerprint density at radius 2 is 1.90 bits per heavy atom. The van der Waals surface area contributed by atoms with Gasteiger partial charge in [-0.05, 0) is 32.4 Å². The summed E-state index contributed by atoms with van der Waals surface area (Å²) in [4.78, 5) is 0.209. The molecule has 0 fully saturated rings. The van der Waals surface area contributed by atoms with Gasteiger partial charge in [-0.2, -0.15) is 5.26 Å². The Hall–Kier alpha value is -1.74. The van der Waals surface area contributed by atoms with E-state index in [2.05, 4.69) is 6.07 Å². The molecule has 0 radical (unpaired) electrons.